The van der Waals surface area contributed by atoms with Gasteiger partial charge >= 0.3 is 0 Å². The lowest BCUT2D eigenvalue weighted by Crippen LogP contribution is -2.56. The molecule has 0 aromatic rings. The van der Waals surface area contributed by atoms with Crippen LogP contribution in [0.5, 0.6) is 0 Å². The van der Waals surface area contributed by atoms with Crippen molar-refractivity contribution in [2.75, 3.05) is 0 Å². The van der Waals surface area contributed by atoms with E-state index in [9.17, 15) is 10.2 Å². The highest BCUT2D eigenvalue weighted by molar-refractivity contribution is 5.18. The largest absolute Gasteiger partial charge is 0.393 e. The Morgan fingerprint density at radius 1 is 0.957 bits per heavy atom. The molecule has 4 aliphatic carbocycles. The van der Waals surface area contributed by atoms with Crippen molar-refractivity contribution in [2.45, 2.75) is 83.3 Å². The Labute approximate surface area is 141 Å². The highest BCUT2D eigenvalue weighted by Crippen LogP contribution is 2.68. The number of hydrogen-bond donors (Lipinski definition) is 2. The Morgan fingerprint density at radius 2 is 1.70 bits per heavy atom. The molecule has 130 valence electrons. The SMILES string of the molecule is C=C[C@]1(O)CC[C@@H]2[C@@H]3CC[C@H]4C[C@H](O)CC[C@]4(C)[C@@H]3CC[C@]21C. The lowest BCUT2D eigenvalue weighted by molar-refractivity contribution is -0.146. The summed E-state index contributed by atoms with van der Waals surface area (Å²) >= 11 is 0. The van der Waals surface area contributed by atoms with Crippen LogP contribution in [0.4, 0.5) is 0 Å². The van der Waals surface area contributed by atoms with E-state index < -0.39 is 5.60 Å². The summed E-state index contributed by atoms with van der Waals surface area (Å²) < 4.78 is 0. The van der Waals surface area contributed by atoms with E-state index in [2.05, 4.69) is 20.4 Å². The second-order valence-electron chi connectivity index (χ2n) is 9.71. The van der Waals surface area contributed by atoms with E-state index in [0.29, 0.717) is 11.3 Å². The van der Waals surface area contributed by atoms with Gasteiger partial charge in [-0.05, 0) is 86.9 Å². The maximum atomic E-state index is 11.1. The quantitative estimate of drug-likeness (QED) is 0.707. The fourth-order valence-corrected chi connectivity index (χ4v) is 7.62. The van der Waals surface area contributed by atoms with Crippen LogP contribution in [0.1, 0.15) is 71.6 Å². The van der Waals surface area contributed by atoms with Crippen molar-refractivity contribution in [1.82, 2.24) is 0 Å². The minimum absolute atomic E-state index is 0.0350. The normalized spacial score (nSPS) is 58.9. The molecular weight excluding hydrogens is 284 g/mol. The summed E-state index contributed by atoms with van der Waals surface area (Å²) in [6, 6.07) is 0. The zero-order chi connectivity index (χ0) is 16.5. The molecule has 0 aromatic carbocycles. The van der Waals surface area contributed by atoms with Gasteiger partial charge in [-0.3, -0.25) is 0 Å². The number of fused-ring (bicyclic) bond motifs is 5. The molecule has 0 heterocycles. The number of aliphatic hydroxyl groups excluding tert-OH is 1. The van der Waals surface area contributed by atoms with Gasteiger partial charge in [-0.1, -0.05) is 19.9 Å². The molecule has 4 rings (SSSR count). The van der Waals surface area contributed by atoms with Crippen LogP contribution in [0, 0.1) is 34.5 Å². The van der Waals surface area contributed by atoms with Crippen molar-refractivity contribution < 1.29 is 10.2 Å². The van der Waals surface area contributed by atoms with E-state index in [-0.39, 0.29) is 11.5 Å². The minimum Gasteiger partial charge on any atom is -0.393 e. The second kappa shape index (κ2) is 5.08. The highest BCUT2D eigenvalue weighted by Gasteiger charge is 2.63. The molecule has 4 fully saturated rings. The van der Waals surface area contributed by atoms with Gasteiger partial charge < -0.3 is 10.2 Å². The van der Waals surface area contributed by atoms with E-state index in [1.54, 1.807) is 0 Å². The van der Waals surface area contributed by atoms with Crippen LogP contribution >= 0.6 is 0 Å². The van der Waals surface area contributed by atoms with Gasteiger partial charge in [0.25, 0.3) is 0 Å². The van der Waals surface area contributed by atoms with Crippen molar-refractivity contribution >= 4 is 0 Å². The smallest absolute Gasteiger partial charge is 0.0881 e. The van der Waals surface area contributed by atoms with Crippen LogP contribution in [0.3, 0.4) is 0 Å². The molecule has 8 atom stereocenters. The first-order valence-corrected chi connectivity index (χ1v) is 9.88. The van der Waals surface area contributed by atoms with Crippen LogP contribution < -0.4 is 0 Å². The molecule has 4 saturated carbocycles. The number of hydrogen-bond acceptors (Lipinski definition) is 2. The highest BCUT2D eigenvalue weighted by atomic mass is 16.3. The summed E-state index contributed by atoms with van der Waals surface area (Å²) in [5.74, 6) is 2.96. The Balaban J connectivity index is 1.64. The third-order valence-corrected chi connectivity index (χ3v) is 9.19. The molecule has 0 aliphatic heterocycles. The molecule has 0 aromatic heterocycles. The molecule has 0 bridgehead atoms. The fraction of sp³-hybridized carbons (Fsp3) is 0.905. The Hall–Kier alpha value is -0.340. The molecule has 2 N–H and O–H groups in total. The summed E-state index contributed by atoms with van der Waals surface area (Å²) in [6.07, 6.45) is 12.1. The number of rotatable bonds is 1. The van der Waals surface area contributed by atoms with Gasteiger partial charge in [-0.15, -0.1) is 6.58 Å². The first kappa shape index (κ1) is 16.1. The summed E-state index contributed by atoms with van der Waals surface area (Å²) in [5, 5.41) is 21.2. The average Bonchev–Trinajstić information content (AvgIpc) is 2.80. The summed E-state index contributed by atoms with van der Waals surface area (Å²) in [4.78, 5) is 0. The van der Waals surface area contributed by atoms with Crippen LogP contribution in [0.2, 0.25) is 0 Å². The molecule has 4 aliphatic rings. The third-order valence-electron chi connectivity index (χ3n) is 9.19. The lowest BCUT2D eigenvalue weighted by atomic mass is 9.44. The zero-order valence-corrected chi connectivity index (χ0v) is 14.9. The van der Waals surface area contributed by atoms with Gasteiger partial charge in [0.15, 0.2) is 0 Å². The molecule has 0 unspecified atom stereocenters. The first-order chi connectivity index (χ1) is 10.8. The average molecular weight is 319 g/mol. The molecule has 0 radical (unpaired) electrons. The molecule has 0 spiro atoms. The van der Waals surface area contributed by atoms with Gasteiger partial charge in [0.1, 0.15) is 0 Å². The van der Waals surface area contributed by atoms with Crippen LogP contribution in [-0.2, 0) is 0 Å². The van der Waals surface area contributed by atoms with Gasteiger partial charge in [-0.25, -0.2) is 0 Å². The predicted octanol–water partition coefficient (Wildman–Crippen LogP) is 4.31. The summed E-state index contributed by atoms with van der Waals surface area (Å²) in [6.45, 7) is 8.82. The third kappa shape index (κ3) is 2.00. The van der Waals surface area contributed by atoms with E-state index in [4.69, 9.17) is 0 Å². The Morgan fingerprint density at radius 3 is 2.43 bits per heavy atom. The van der Waals surface area contributed by atoms with Crippen molar-refractivity contribution in [2.24, 2.45) is 34.5 Å². The molecule has 23 heavy (non-hydrogen) atoms. The van der Waals surface area contributed by atoms with Crippen molar-refractivity contribution in [1.29, 1.82) is 0 Å². The summed E-state index contributed by atoms with van der Waals surface area (Å²) in [5.41, 5.74) is -0.186. The minimum atomic E-state index is -0.650. The van der Waals surface area contributed by atoms with Gasteiger partial charge in [0.2, 0.25) is 0 Å². The van der Waals surface area contributed by atoms with Crippen molar-refractivity contribution in [3.63, 3.8) is 0 Å². The zero-order valence-electron chi connectivity index (χ0n) is 14.9. The standard InChI is InChI=1S/C21H34O2/c1-4-21(23)12-9-18-16-6-5-14-13-15(22)7-10-19(14,2)17(16)8-11-20(18,21)3/h4,14-18,22-23H,1,5-13H2,2-3H3/t14-,15+,16+,17+,18+,19-,20+,21-/m0/s1. The van der Waals surface area contributed by atoms with Gasteiger partial charge in [0, 0.05) is 5.41 Å². The van der Waals surface area contributed by atoms with Crippen molar-refractivity contribution in [3.8, 4) is 0 Å². The Kier molecular flexibility index (Phi) is 3.57. The molecule has 0 amide bonds. The van der Waals surface area contributed by atoms with E-state index in [1.807, 2.05) is 6.08 Å². The monoisotopic (exact) mass is 318 g/mol. The van der Waals surface area contributed by atoms with Crippen LogP contribution in [-0.4, -0.2) is 21.9 Å². The molecule has 2 nitrogen and oxygen atoms in total. The van der Waals surface area contributed by atoms with E-state index in [1.165, 1.54) is 32.1 Å². The van der Waals surface area contributed by atoms with E-state index in [0.717, 1.165) is 43.4 Å². The maximum Gasteiger partial charge on any atom is 0.0881 e. The van der Waals surface area contributed by atoms with Gasteiger partial charge in [0.05, 0.1) is 11.7 Å². The van der Waals surface area contributed by atoms with Crippen LogP contribution in [0.15, 0.2) is 12.7 Å². The van der Waals surface area contributed by atoms with Crippen molar-refractivity contribution in [3.05, 3.63) is 12.7 Å². The van der Waals surface area contributed by atoms with E-state index >= 15 is 0 Å². The Bertz CT molecular complexity index is 502. The maximum absolute atomic E-state index is 11.1. The van der Waals surface area contributed by atoms with Gasteiger partial charge in [-0.2, -0.15) is 0 Å². The molecule has 0 saturated heterocycles. The molecular formula is C21H34O2. The number of aliphatic hydroxyl groups is 2. The topological polar surface area (TPSA) is 40.5 Å². The summed E-state index contributed by atoms with van der Waals surface area (Å²) in [7, 11) is 0. The first-order valence-electron chi connectivity index (χ1n) is 9.88. The lowest BCUT2D eigenvalue weighted by Gasteiger charge is -2.61. The van der Waals surface area contributed by atoms with Crippen LogP contribution in [0.25, 0.3) is 0 Å². The second-order valence-corrected chi connectivity index (χ2v) is 9.71. The predicted molar refractivity (Wildman–Crippen MR) is 92.9 cm³/mol. The molecule has 2 heteroatoms. The fourth-order valence-electron chi connectivity index (χ4n) is 7.62.